The number of hydrogen-bond acceptors (Lipinski definition) is 4. The average molecular weight is 589 g/mol. The van der Waals surface area contributed by atoms with Crippen LogP contribution < -0.4 is 0 Å². The zero-order chi connectivity index (χ0) is 30.3. The van der Waals surface area contributed by atoms with E-state index in [1.165, 1.54) is 0 Å². The van der Waals surface area contributed by atoms with E-state index in [0.29, 0.717) is 12.3 Å². The van der Waals surface area contributed by atoms with Crippen LogP contribution in [0.5, 0.6) is 0 Å². The molecule has 5 heteroatoms. The first-order chi connectivity index (χ1) is 21.5. The normalized spacial score (nSPS) is 21.7. The minimum Gasteiger partial charge on any atom is -0.300 e. The van der Waals surface area contributed by atoms with Gasteiger partial charge >= 0.3 is 0 Å². The Morgan fingerprint density at radius 2 is 1.64 bits per heavy atom. The highest BCUT2D eigenvalue weighted by Crippen LogP contribution is 2.46. The third kappa shape index (κ3) is 6.78. The Labute approximate surface area is 260 Å². The molecule has 0 radical (unpaired) electrons. The van der Waals surface area contributed by atoms with Crippen molar-refractivity contribution >= 4 is 35.8 Å². The number of para-hydroxylation sites is 1. The van der Waals surface area contributed by atoms with Crippen molar-refractivity contribution < 1.29 is 0 Å². The summed E-state index contributed by atoms with van der Waals surface area (Å²) < 4.78 is 0. The number of rotatable bonds is 5. The molecule has 6 rings (SSSR count). The Morgan fingerprint density at radius 3 is 2.50 bits per heavy atom. The Morgan fingerprint density at radius 1 is 0.818 bits per heavy atom. The first kappa shape index (κ1) is 29.0. The van der Waals surface area contributed by atoms with Crippen molar-refractivity contribution in [2.24, 2.45) is 4.99 Å². The minimum atomic E-state index is -0.519. The number of hydrogen-bond donors (Lipinski definition) is 1. The number of fused-ring (bicyclic) bond motifs is 1. The van der Waals surface area contributed by atoms with Gasteiger partial charge in [-0.3, -0.25) is 4.99 Å². The lowest BCUT2D eigenvalue weighted by atomic mass is 9.91. The SMILES string of the molecule is C=C1/C=C\C=C/CN=C(c2cc(C(=C/P3C=CC=CC3)/C(C)=C3\C=CC=CC3=N)cc(-c3ccc4ccccc4n3)n2)/C=C\1. The van der Waals surface area contributed by atoms with E-state index in [4.69, 9.17) is 20.4 Å². The monoisotopic (exact) mass is 588 g/mol. The molecule has 4 nitrogen and oxygen atoms in total. The van der Waals surface area contributed by atoms with Crippen molar-refractivity contribution in [3.63, 3.8) is 0 Å². The molecule has 2 aliphatic heterocycles. The summed E-state index contributed by atoms with van der Waals surface area (Å²) in [7, 11) is -0.519. The summed E-state index contributed by atoms with van der Waals surface area (Å²) >= 11 is 0. The highest BCUT2D eigenvalue weighted by atomic mass is 31.1. The first-order valence-corrected chi connectivity index (χ1v) is 16.3. The maximum atomic E-state index is 8.70. The van der Waals surface area contributed by atoms with Crippen LogP contribution in [0.2, 0.25) is 0 Å². The van der Waals surface area contributed by atoms with Crippen LogP contribution in [0.4, 0.5) is 0 Å². The number of aromatic nitrogens is 2. The lowest BCUT2D eigenvalue weighted by Crippen LogP contribution is -2.07. The fourth-order valence-corrected chi connectivity index (χ4v) is 6.85. The molecule has 0 saturated heterocycles. The Balaban J connectivity index is 1.58. The molecule has 0 spiro atoms. The molecule has 0 bridgehead atoms. The molecule has 1 N–H and O–H groups in total. The lowest BCUT2D eigenvalue weighted by molar-refractivity contribution is 1.20. The summed E-state index contributed by atoms with van der Waals surface area (Å²) in [5, 5.41) is 9.78. The van der Waals surface area contributed by atoms with E-state index in [1.807, 2.05) is 85.0 Å². The van der Waals surface area contributed by atoms with Gasteiger partial charge in [-0.05, 0) is 77.6 Å². The second-order valence-electron chi connectivity index (χ2n) is 10.6. The van der Waals surface area contributed by atoms with E-state index < -0.39 is 7.92 Å². The van der Waals surface area contributed by atoms with Crippen LogP contribution in [0.25, 0.3) is 27.9 Å². The van der Waals surface area contributed by atoms with E-state index >= 15 is 0 Å². The van der Waals surface area contributed by atoms with Crippen molar-refractivity contribution in [2.45, 2.75) is 6.92 Å². The maximum Gasteiger partial charge on any atom is 0.0900 e. The zero-order valence-corrected chi connectivity index (χ0v) is 25.6. The zero-order valence-electron chi connectivity index (χ0n) is 24.7. The average Bonchev–Trinajstić information content (AvgIpc) is 3.06. The highest BCUT2D eigenvalue weighted by molar-refractivity contribution is 7.64. The van der Waals surface area contributed by atoms with Crippen LogP contribution in [0.3, 0.4) is 0 Å². The van der Waals surface area contributed by atoms with Crippen molar-refractivity contribution in [1.29, 1.82) is 5.41 Å². The number of aliphatic imine (C=N–C) groups is 1. The molecule has 214 valence electrons. The van der Waals surface area contributed by atoms with E-state index in [2.05, 4.69) is 67.6 Å². The largest absolute Gasteiger partial charge is 0.300 e. The van der Waals surface area contributed by atoms with Crippen molar-refractivity contribution in [3.05, 3.63) is 174 Å². The molecule has 0 saturated carbocycles. The standard InChI is InChI=1S/C39H33N4P/c1-28-13-5-3-10-22-41-36(20-18-28)38-25-31(26-39(43-38)37-21-19-30-14-6-9-17-35(30)42-37)33(27-44-23-11-4-12-24-44)29(2)32-15-7-8-16-34(32)40/h3-21,23,25-27,40H,1,22,24H2,2H3/b10-3-,13-5-,20-18-,32-29+,33-27+,40-34?,41-36?. The van der Waals surface area contributed by atoms with Gasteiger partial charge in [-0.25, -0.2) is 9.97 Å². The van der Waals surface area contributed by atoms with Gasteiger partial charge in [0.1, 0.15) is 0 Å². The van der Waals surface area contributed by atoms with Gasteiger partial charge in [0, 0.05) is 11.0 Å². The van der Waals surface area contributed by atoms with Gasteiger partial charge in [-0.1, -0.05) is 111 Å². The fourth-order valence-electron chi connectivity index (χ4n) is 5.17. The summed E-state index contributed by atoms with van der Waals surface area (Å²) in [4.78, 5) is 15.1. The molecule has 1 atom stereocenters. The molecule has 44 heavy (non-hydrogen) atoms. The molecule has 3 aromatic rings. The Kier molecular flexibility index (Phi) is 8.91. The number of allylic oxidation sites excluding steroid dienone is 16. The molecule has 4 heterocycles. The maximum absolute atomic E-state index is 8.70. The lowest BCUT2D eigenvalue weighted by Gasteiger charge is -2.19. The predicted octanol–water partition coefficient (Wildman–Crippen LogP) is 9.69. The summed E-state index contributed by atoms with van der Waals surface area (Å²) in [6.45, 7) is 6.81. The fraction of sp³-hybridized carbons (Fsp3) is 0.0769. The van der Waals surface area contributed by atoms with Crippen molar-refractivity contribution in [2.75, 3.05) is 12.7 Å². The molecule has 1 aliphatic carbocycles. The molecular formula is C39H33N4P. The molecular weight excluding hydrogens is 555 g/mol. The quantitative estimate of drug-likeness (QED) is 0.302. The number of benzene rings is 1. The Hall–Kier alpha value is -5.05. The topological polar surface area (TPSA) is 62.0 Å². The summed E-state index contributed by atoms with van der Waals surface area (Å²) in [6, 6.07) is 16.5. The summed E-state index contributed by atoms with van der Waals surface area (Å²) in [6.07, 6.45) is 27.2. The van der Waals surface area contributed by atoms with Gasteiger partial charge < -0.3 is 5.41 Å². The van der Waals surface area contributed by atoms with Crippen LogP contribution in [0, 0.1) is 5.41 Å². The Bertz CT molecular complexity index is 1960. The number of nitrogens with one attached hydrogen (secondary N) is 1. The van der Waals surface area contributed by atoms with Gasteiger partial charge in [-0.2, -0.15) is 0 Å². The number of nitrogens with zero attached hydrogens (tertiary/aromatic N) is 3. The molecule has 3 aliphatic rings. The van der Waals surface area contributed by atoms with Gasteiger partial charge in [0.2, 0.25) is 0 Å². The predicted molar refractivity (Wildman–Crippen MR) is 190 cm³/mol. The van der Waals surface area contributed by atoms with Crippen molar-refractivity contribution in [1.82, 2.24) is 9.97 Å². The van der Waals surface area contributed by atoms with Crippen LogP contribution in [0.15, 0.2) is 167 Å². The van der Waals surface area contributed by atoms with E-state index in [-0.39, 0.29) is 0 Å². The smallest absolute Gasteiger partial charge is 0.0900 e. The second kappa shape index (κ2) is 13.5. The highest BCUT2D eigenvalue weighted by Gasteiger charge is 2.18. The van der Waals surface area contributed by atoms with Crippen LogP contribution in [0.1, 0.15) is 18.2 Å². The van der Waals surface area contributed by atoms with Crippen molar-refractivity contribution in [3.8, 4) is 11.4 Å². The van der Waals surface area contributed by atoms with E-state index in [0.717, 1.165) is 67.7 Å². The van der Waals surface area contributed by atoms with Gasteiger partial charge in [0.15, 0.2) is 0 Å². The van der Waals surface area contributed by atoms with Crippen LogP contribution >= 0.6 is 7.92 Å². The van der Waals surface area contributed by atoms with E-state index in [1.54, 1.807) is 0 Å². The first-order valence-electron chi connectivity index (χ1n) is 14.6. The van der Waals surface area contributed by atoms with Gasteiger partial charge in [-0.15, -0.1) is 0 Å². The second-order valence-corrected chi connectivity index (χ2v) is 12.6. The summed E-state index contributed by atoms with van der Waals surface area (Å²) in [5.74, 6) is 4.68. The minimum absolute atomic E-state index is 0.506. The van der Waals surface area contributed by atoms with E-state index in [9.17, 15) is 0 Å². The molecule has 2 aromatic heterocycles. The van der Waals surface area contributed by atoms with Crippen LogP contribution in [-0.4, -0.2) is 34.1 Å². The molecule has 0 fully saturated rings. The third-order valence-electron chi connectivity index (χ3n) is 7.51. The van der Waals surface area contributed by atoms with Gasteiger partial charge in [0.25, 0.3) is 0 Å². The third-order valence-corrected chi connectivity index (χ3v) is 9.29. The molecule has 1 aromatic carbocycles. The van der Waals surface area contributed by atoms with Crippen LogP contribution in [-0.2, 0) is 0 Å². The van der Waals surface area contributed by atoms with Gasteiger partial charge in [0.05, 0.1) is 40.6 Å². The molecule has 1 unspecified atom stereocenters. The molecule has 0 amide bonds. The summed E-state index contributed by atoms with van der Waals surface area (Å²) in [5.41, 5.74) is 9.51. The number of pyridine rings is 2.